The molecule has 5 heteroatoms. The van der Waals surface area contributed by atoms with Gasteiger partial charge in [-0.05, 0) is 74.0 Å². The summed E-state index contributed by atoms with van der Waals surface area (Å²) in [5, 5.41) is 14.1. The Hall–Kier alpha value is -2.50. The molecule has 0 radical (unpaired) electrons. The molecule has 0 heterocycles. The van der Waals surface area contributed by atoms with Gasteiger partial charge in [0.2, 0.25) is 0 Å². The van der Waals surface area contributed by atoms with Crippen molar-refractivity contribution in [1.29, 1.82) is 0 Å². The van der Waals surface area contributed by atoms with E-state index in [-0.39, 0.29) is 17.7 Å². The molecule has 32 heavy (non-hydrogen) atoms. The van der Waals surface area contributed by atoms with E-state index in [2.05, 4.69) is 5.32 Å². The number of hydrogen-bond acceptors (Lipinski definition) is 4. The maximum atomic E-state index is 13.4. The van der Waals surface area contributed by atoms with Crippen molar-refractivity contribution >= 4 is 11.7 Å². The van der Waals surface area contributed by atoms with Crippen LogP contribution in [0.4, 0.5) is 0 Å². The van der Waals surface area contributed by atoms with Crippen molar-refractivity contribution in [2.45, 2.75) is 50.2 Å². The third kappa shape index (κ3) is 4.00. The molecular formula is C27H31NO4. The molecule has 6 rings (SSSR count). The number of hydrogen-bond donors (Lipinski definition) is 2. The number of carbonyl (C=O) groups is 2. The maximum Gasteiger partial charge on any atom is 0.251 e. The number of rotatable bonds is 7. The highest BCUT2D eigenvalue weighted by Gasteiger charge is 2.55. The van der Waals surface area contributed by atoms with Gasteiger partial charge >= 0.3 is 0 Å². The first kappa shape index (κ1) is 21.4. The lowest BCUT2D eigenvalue weighted by atomic mass is 9.52. The van der Waals surface area contributed by atoms with E-state index in [1.807, 2.05) is 24.3 Å². The number of ketones is 1. The van der Waals surface area contributed by atoms with Crippen LogP contribution in [0.15, 0.2) is 48.5 Å². The highest BCUT2D eigenvalue weighted by molar-refractivity contribution is 6.09. The monoisotopic (exact) mass is 433 g/mol. The van der Waals surface area contributed by atoms with Gasteiger partial charge in [0, 0.05) is 29.8 Å². The van der Waals surface area contributed by atoms with Gasteiger partial charge < -0.3 is 15.2 Å². The Bertz CT molecular complexity index is 1000. The molecule has 1 amide bonds. The predicted molar refractivity (Wildman–Crippen MR) is 122 cm³/mol. The molecule has 2 atom stereocenters. The van der Waals surface area contributed by atoms with Crippen LogP contribution in [0.5, 0.6) is 0 Å². The van der Waals surface area contributed by atoms with Crippen LogP contribution in [-0.4, -0.2) is 42.2 Å². The number of amides is 1. The molecule has 4 saturated carbocycles. The van der Waals surface area contributed by atoms with Gasteiger partial charge in [-0.3, -0.25) is 9.59 Å². The molecule has 4 fully saturated rings. The first-order chi connectivity index (χ1) is 15.5. The van der Waals surface area contributed by atoms with Crippen LogP contribution >= 0.6 is 0 Å². The van der Waals surface area contributed by atoms with Gasteiger partial charge in [-0.2, -0.15) is 0 Å². The van der Waals surface area contributed by atoms with Crippen molar-refractivity contribution < 1.29 is 19.4 Å². The number of benzene rings is 2. The van der Waals surface area contributed by atoms with Gasteiger partial charge in [0.1, 0.15) is 0 Å². The summed E-state index contributed by atoms with van der Waals surface area (Å²) in [7, 11) is 1.64. The fourth-order valence-electron chi connectivity index (χ4n) is 6.58. The number of nitrogens with one attached hydrogen (secondary N) is 1. The summed E-state index contributed by atoms with van der Waals surface area (Å²) in [6.07, 6.45) is 5.29. The zero-order valence-corrected chi connectivity index (χ0v) is 18.5. The average Bonchev–Trinajstić information content (AvgIpc) is 2.78. The van der Waals surface area contributed by atoms with Crippen molar-refractivity contribution in [3.63, 3.8) is 0 Å². The summed E-state index contributed by atoms with van der Waals surface area (Å²) in [5.41, 5.74) is 2.14. The second-order valence-electron chi connectivity index (χ2n) is 10.0. The Morgan fingerprint density at radius 2 is 1.75 bits per heavy atom. The first-order valence-electron chi connectivity index (χ1n) is 11.7. The molecule has 168 valence electrons. The molecule has 2 aromatic carbocycles. The second-order valence-corrected chi connectivity index (χ2v) is 10.0. The van der Waals surface area contributed by atoms with Crippen LogP contribution in [-0.2, 0) is 11.2 Å². The maximum absolute atomic E-state index is 13.4. The fraction of sp³-hybridized carbons (Fsp3) is 0.481. The molecule has 2 N–H and O–H groups in total. The van der Waals surface area contributed by atoms with E-state index < -0.39 is 5.60 Å². The van der Waals surface area contributed by atoms with Gasteiger partial charge in [-0.25, -0.2) is 0 Å². The molecule has 0 aliphatic heterocycles. The molecule has 4 aliphatic rings. The van der Waals surface area contributed by atoms with E-state index in [1.165, 1.54) is 0 Å². The van der Waals surface area contributed by atoms with Crippen LogP contribution in [0.25, 0.3) is 0 Å². The van der Waals surface area contributed by atoms with Gasteiger partial charge in [0.05, 0.1) is 12.2 Å². The summed E-state index contributed by atoms with van der Waals surface area (Å²) in [5.74, 6) is 1.18. The molecule has 4 aliphatic carbocycles. The first-order valence-corrected chi connectivity index (χ1v) is 11.7. The van der Waals surface area contributed by atoms with Crippen LogP contribution in [0.1, 0.15) is 63.9 Å². The van der Waals surface area contributed by atoms with Crippen molar-refractivity contribution in [2.75, 3.05) is 13.7 Å². The van der Waals surface area contributed by atoms with E-state index in [4.69, 9.17) is 4.74 Å². The third-order valence-electron chi connectivity index (χ3n) is 7.76. The Kier molecular flexibility index (Phi) is 5.64. The van der Waals surface area contributed by atoms with E-state index in [0.717, 1.165) is 37.7 Å². The normalized spacial score (nSPS) is 30.3. The van der Waals surface area contributed by atoms with Crippen LogP contribution in [0, 0.1) is 17.8 Å². The molecule has 0 spiro atoms. The van der Waals surface area contributed by atoms with E-state index in [0.29, 0.717) is 47.5 Å². The zero-order chi connectivity index (χ0) is 22.3. The lowest BCUT2D eigenvalue weighted by Crippen LogP contribution is -2.61. The minimum absolute atomic E-state index is 0.0505. The molecule has 2 unspecified atom stereocenters. The van der Waals surface area contributed by atoms with Gasteiger partial charge in [0.25, 0.3) is 5.91 Å². The summed E-state index contributed by atoms with van der Waals surface area (Å²) >= 11 is 0. The van der Waals surface area contributed by atoms with E-state index >= 15 is 0 Å². The highest BCUT2D eigenvalue weighted by Crippen LogP contribution is 2.55. The zero-order valence-electron chi connectivity index (χ0n) is 18.5. The molecule has 2 aromatic rings. The summed E-state index contributed by atoms with van der Waals surface area (Å²) in [4.78, 5) is 26.3. The number of ether oxygens (including phenoxy) is 1. The van der Waals surface area contributed by atoms with Crippen LogP contribution in [0.2, 0.25) is 0 Å². The second kappa shape index (κ2) is 8.45. The van der Waals surface area contributed by atoms with Gasteiger partial charge in [-0.1, -0.05) is 36.4 Å². The topological polar surface area (TPSA) is 75.6 Å². The van der Waals surface area contributed by atoms with Crippen molar-refractivity contribution in [1.82, 2.24) is 5.32 Å². The summed E-state index contributed by atoms with van der Waals surface area (Å²) < 4.78 is 5.26. The Morgan fingerprint density at radius 3 is 2.41 bits per heavy atom. The number of carbonyl (C=O) groups excluding carboxylic acids is 2. The fourth-order valence-corrected chi connectivity index (χ4v) is 6.58. The third-order valence-corrected chi connectivity index (χ3v) is 7.76. The molecule has 5 nitrogen and oxygen atoms in total. The lowest BCUT2D eigenvalue weighted by molar-refractivity contribution is -0.136. The number of methoxy groups -OCH3 is 1. The molecule has 0 saturated heterocycles. The highest BCUT2D eigenvalue weighted by atomic mass is 16.5. The predicted octanol–water partition coefficient (Wildman–Crippen LogP) is 3.78. The van der Waals surface area contributed by atoms with Crippen molar-refractivity contribution in [2.24, 2.45) is 17.8 Å². The van der Waals surface area contributed by atoms with Crippen LogP contribution in [0.3, 0.4) is 0 Å². The quantitative estimate of drug-likeness (QED) is 0.652. The molecule has 0 aromatic heterocycles. The minimum atomic E-state index is -0.513. The van der Waals surface area contributed by atoms with E-state index in [1.54, 1.807) is 31.4 Å². The van der Waals surface area contributed by atoms with Crippen LogP contribution < -0.4 is 5.32 Å². The van der Waals surface area contributed by atoms with Gasteiger partial charge in [-0.15, -0.1) is 0 Å². The Balaban J connectivity index is 1.37. The average molecular weight is 434 g/mol. The largest absolute Gasteiger partial charge is 0.390 e. The summed E-state index contributed by atoms with van der Waals surface area (Å²) in [6.45, 7) is 0.479. The van der Waals surface area contributed by atoms with Crippen molar-refractivity contribution in [3.05, 3.63) is 70.8 Å². The number of aliphatic hydroxyl groups is 1. The standard InChI is InChI=1S/C27H31NO4/c1-32-10-9-19-13-20(25(29)18-5-3-2-4-6-18)7-8-23(19)26(30)28-24-21-11-17-12-22(24)16-27(31,14-17)15-21/h2-8,13,17,21-22,24,31H,9-12,14-16H2,1H3,(H,28,30). The Morgan fingerprint density at radius 1 is 1.03 bits per heavy atom. The molecule has 4 bridgehead atoms. The van der Waals surface area contributed by atoms with E-state index in [9.17, 15) is 14.7 Å². The lowest BCUT2D eigenvalue weighted by Gasteiger charge is -2.58. The van der Waals surface area contributed by atoms with Gasteiger partial charge in [0.15, 0.2) is 5.78 Å². The SMILES string of the molecule is COCCc1cc(C(=O)c2ccccc2)ccc1C(=O)NC1C2CC3CC1CC(O)(C3)C2. The Labute approximate surface area is 189 Å². The minimum Gasteiger partial charge on any atom is -0.390 e. The smallest absolute Gasteiger partial charge is 0.251 e. The molecular weight excluding hydrogens is 402 g/mol. The van der Waals surface area contributed by atoms with Crippen molar-refractivity contribution in [3.8, 4) is 0 Å². The summed E-state index contributed by atoms with van der Waals surface area (Å²) in [6, 6.07) is 14.7.